The molecule has 2 heteroatoms. The molecule has 2 unspecified atom stereocenters. The zero-order chi connectivity index (χ0) is 12.4. The quantitative estimate of drug-likeness (QED) is 0.612. The molecule has 0 aliphatic rings. The van der Waals surface area contributed by atoms with Crippen LogP contribution in [0.5, 0.6) is 0 Å². The van der Waals surface area contributed by atoms with Crippen molar-refractivity contribution in [3.8, 4) is 0 Å². The Bertz CT molecular complexity index is 521. The molecule has 2 aromatic rings. The molecule has 0 aromatic heterocycles. The molecule has 0 N–H and O–H groups in total. The van der Waals surface area contributed by atoms with Crippen LogP contribution in [0.3, 0.4) is 0 Å². The summed E-state index contributed by atoms with van der Waals surface area (Å²) < 4.78 is 0. The highest BCUT2D eigenvalue weighted by molar-refractivity contribution is 9.09. The van der Waals surface area contributed by atoms with E-state index in [-0.39, 0.29) is 0 Å². The monoisotopic (exact) mass is 310 g/mol. The lowest BCUT2D eigenvalue weighted by atomic mass is 9.94. The zero-order valence-corrected chi connectivity index (χ0v) is 12.4. The lowest BCUT2D eigenvalue weighted by molar-refractivity contribution is 0.557. The highest BCUT2D eigenvalue weighted by Crippen LogP contribution is 2.38. The summed E-state index contributed by atoms with van der Waals surface area (Å²) in [5.41, 5.74) is 1.33. The minimum Gasteiger partial charge on any atom is -0.0837 e. The van der Waals surface area contributed by atoms with Crippen LogP contribution in [0.4, 0.5) is 0 Å². The van der Waals surface area contributed by atoms with Crippen LogP contribution in [-0.2, 0) is 0 Å². The second-order valence-corrected chi connectivity index (χ2v) is 5.86. The molecule has 0 bridgehead atoms. The van der Waals surface area contributed by atoms with E-state index in [2.05, 4.69) is 54.0 Å². The van der Waals surface area contributed by atoms with Crippen LogP contribution in [0.2, 0.25) is 5.02 Å². The largest absolute Gasteiger partial charge is 0.0837 e. The van der Waals surface area contributed by atoms with Gasteiger partial charge in [0.2, 0.25) is 0 Å². The van der Waals surface area contributed by atoms with Crippen molar-refractivity contribution < 1.29 is 0 Å². The summed E-state index contributed by atoms with van der Waals surface area (Å²) >= 11 is 10.0. The summed E-state index contributed by atoms with van der Waals surface area (Å²) in [6, 6.07) is 12.5. The van der Waals surface area contributed by atoms with Crippen LogP contribution < -0.4 is 0 Å². The molecular formula is C15H16BrCl. The van der Waals surface area contributed by atoms with Crippen molar-refractivity contribution in [2.75, 3.05) is 0 Å². The van der Waals surface area contributed by atoms with Crippen LogP contribution in [0.25, 0.3) is 10.8 Å². The van der Waals surface area contributed by atoms with Gasteiger partial charge in [-0.3, -0.25) is 0 Å². The van der Waals surface area contributed by atoms with Gasteiger partial charge in [0.1, 0.15) is 0 Å². The smallest absolute Gasteiger partial charge is 0.0484 e. The maximum absolute atomic E-state index is 6.23. The minimum atomic E-state index is 0.384. The van der Waals surface area contributed by atoms with Gasteiger partial charge >= 0.3 is 0 Å². The third-order valence-electron chi connectivity index (χ3n) is 3.35. The highest BCUT2D eigenvalue weighted by atomic mass is 79.9. The first-order valence-electron chi connectivity index (χ1n) is 5.96. The summed E-state index contributed by atoms with van der Waals surface area (Å²) in [4.78, 5) is 0.384. The first-order valence-corrected chi connectivity index (χ1v) is 7.25. The molecule has 0 fully saturated rings. The Hall–Kier alpha value is -0.530. The van der Waals surface area contributed by atoms with Crippen molar-refractivity contribution in [2.45, 2.75) is 25.1 Å². The summed E-state index contributed by atoms with van der Waals surface area (Å²) in [7, 11) is 0. The van der Waals surface area contributed by atoms with E-state index < -0.39 is 0 Å². The fourth-order valence-electron chi connectivity index (χ4n) is 2.04. The maximum atomic E-state index is 6.23. The standard InChI is InChI=1S/C15H16BrCl/c1-3-10(2)15(16)13-8-9-14(17)12-7-5-4-6-11(12)13/h4-10,15H,3H2,1-2H3. The Morgan fingerprint density at radius 3 is 2.41 bits per heavy atom. The van der Waals surface area contributed by atoms with Crippen molar-refractivity contribution in [3.63, 3.8) is 0 Å². The Labute approximate surface area is 116 Å². The topological polar surface area (TPSA) is 0 Å². The minimum absolute atomic E-state index is 0.384. The summed E-state index contributed by atoms with van der Waals surface area (Å²) in [6.45, 7) is 4.49. The number of alkyl halides is 1. The van der Waals surface area contributed by atoms with Crippen LogP contribution >= 0.6 is 27.5 Å². The predicted molar refractivity (Wildman–Crippen MR) is 80.1 cm³/mol. The summed E-state index contributed by atoms with van der Waals surface area (Å²) in [5, 5.41) is 3.22. The molecule has 2 rings (SSSR count). The average molecular weight is 312 g/mol. The number of fused-ring (bicyclic) bond motifs is 1. The lowest BCUT2D eigenvalue weighted by Crippen LogP contribution is -2.02. The van der Waals surface area contributed by atoms with Crippen LogP contribution in [-0.4, -0.2) is 0 Å². The molecule has 0 amide bonds. The number of benzene rings is 2. The molecule has 90 valence electrons. The van der Waals surface area contributed by atoms with Gasteiger partial charge in [-0.15, -0.1) is 0 Å². The molecule has 17 heavy (non-hydrogen) atoms. The van der Waals surface area contributed by atoms with Gasteiger partial charge in [-0.2, -0.15) is 0 Å². The SMILES string of the molecule is CCC(C)C(Br)c1ccc(Cl)c2ccccc12. The second kappa shape index (κ2) is 5.41. The number of rotatable bonds is 3. The number of halogens is 2. The van der Waals surface area contributed by atoms with E-state index >= 15 is 0 Å². The van der Waals surface area contributed by atoms with Gasteiger partial charge in [0.05, 0.1) is 0 Å². The van der Waals surface area contributed by atoms with Crippen molar-refractivity contribution >= 4 is 38.3 Å². The Balaban J connectivity index is 2.59. The third kappa shape index (κ3) is 2.51. The first kappa shape index (κ1) is 12.9. The van der Waals surface area contributed by atoms with E-state index in [4.69, 9.17) is 11.6 Å². The Morgan fingerprint density at radius 1 is 1.12 bits per heavy atom. The second-order valence-electron chi connectivity index (χ2n) is 4.47. The van der Waals surface area contributed by atoms with E-state index in [0.29, 0.717) is 10.7 Å². The van der Waals surface area contributed by atoms with Gasteiger partial charge in [0.25, 0.3) is 0 Å². The molecule has 0 radical (unpaired) electrons. The Kier molecular flexibility index (Phi) is 4.11. The van der Waals surface area contributed by atoms with Crippen LogP contribution in [0, 0.1) is 5.92 Å². The Morgan fingerprint density at radius 2 is 1.76 bits per heavy atom. The molecule has 0 saturated carbocycles. The van der Waals surface area contributed by atoms with E-state index in [1.165, 1.54) is 10.9 Å². The average Bonchev–Trinajstić information content (AvgIpc) is 2.38. The molecule has 0 saturated heterocycles. The molecule has 2 atom stereocenters. The molecule has 2 aromatic carbocycles. The van der Waals surface area contributed by atoms with Crippen molar-refractivity contribution in [3.05, 3.63) is 47.0 Å². The van der Waals surface area contributed by atoms with Gasteiger partial charge in [-0.05, 0) is 22.9 Å². The van der Waals surface area contributed by atoms with E-state index in [0.717, 1.165) is 16.8 Å². The molecule has 0 spiro atoms. The molecule has 0 heterocycles. The van der Waals surface area contributed by atoms with Crippen molar-refractivity contribution in [1.29, 1.82) is 0 Å². The van der Waals surface area contributed by atoms with Gasteiger partial charge < -0.3 is 0 Å². The van der Waals surface area contributed by atoms with Gasteiger partial charge in [0.15, 0.2) is 0 Å². The van der Waals surface area contributed by atoms with Crippen molar-refractivity contribution in [1.82, 2.24) is 0 Å². The fourth-order valence-corrected chi connectivity index (χ4v) is 3.04. The zero-order valence-electron chi connectivity index (χ0n) is 10.1. The lowest BCUT2D eigenvalue weighted by Gasteiger charge is -2.19. The van der Waals surface area contributed by atoms with Crippen LogP contribution in [0.15, 0.2) is 36.4 Å². The molecule has 0 aliphatic heterocycles. The van der Waals surface area contributed by atoms with Gasteiger partial charge in [-0.25, -0.2) is 0 Å². The van der Waals surface area contributed by atoms with E-state index in [9.17, 15) is 0 Å². The molecule has 0 aliphatic carbocycles. The summed E-state index contributed by atoms with van der Waals surface area (Å²) in [6.07, 6.45) is 1.16. The number of hydrogen-bond donors (Lipinski definition) is 0. The third-order valence-corrected chi connectivity index (χ3v) is 5.07. The molecular weight excluding hydrogens is 296 g/mol. The van der Waals surface area contributed by atoms with Gasteiger partial charge in [-0.1, -0.05) is 78.1 Å². The van der Waals surface area contributed by atoms with Gasteiger partial charge in [0, 0.05) is 15.2 Å². The number of hydrogen-bond acceptors (Lipinski definition) is 0. The van der Waals surface area contributed by atoms with E-state index in [1.54, 1.807) is 0 Å². The fraction of sp³-hybridized carbons (Fsp3) is 0.333. The summed E-state index contributed by atoms with van der Waals surface area (Å²) in [5.74, 6) is 0.611. The highest BCUT2D eigenvalue weighted by Gasteiger charge is 2.17. The predicted octanol–water partition coefficient (Wildman–Crippen LogP) is 5.98. The van der Waals surface area contributed by atoms with Crippen LogP contribution in [0.1, 0.15) is 30.7 Å². The first-order chi connectivity index (χ1) is 8.15. The van der Waals surface area contributed by atoms with Crippen molar-refractivity contribution in [2.24, 2.45) is 5.92 Å². The van der Waals surface area contributed by atoms with E-state index in [1.807, 2.05) is 12.1 Å². The molecule has 0 nitrogen and oxygen atoms in total. The normalized spacial score (nSPS) is 14.8. The maximum Gasteiger partial charge on any atom is 0.0484 e.